The normalized spacial score (nSPS) is 10.5. The fourth-order valence-electron chi connectivity index (χ4n) is 2.97. The molecule has 3 aromatic rings. The van der Waals surface area contributed by atoms with Crippen molar-refractivity contribution in [2.24, 2.45) is 0 Å². The van der Waals surface area contributed by atoms with Crippen molar-refractivity contribution in [1.29, 1.82) is 0 Å². The van der Waals surface area contributed by atoms with Gasteiger partial charge in [0.25, 0.3) is 0 Å². The van der Waals surface area contributed by atoms with Gasteiger partial charge in [-0.05, 0) is 36.8 Å². The van der Waals surface area contributed by atoms with Crippen molar-refractivity contribution >= 4 is 34.3 Å². The van der Waals surface area contributed by atoms with E-state index in [1.54, 1.807) is 48.5 Å². The summed E-state index contributed by atoms with van der Waals surface area (Å²) in [6.07, 6.45) is 1.56. The molecular formula is C24H24N2O6. The van der Waals surface area contributed by atoms with Gasteiger partial charge in [0.05, 0.1) is 6.61 Å². The number of aromatic nitrogens is 1. The van der Waals surface area contributed by atoms with Crippen LogP contribution in [0.4, 0.5) is 5.69 Å². The van der Waals surface area contributed by atoms with Crippen LogP contribution in [0.1, 0.15) is 44.1 Å². The molecule has 1 N–H and O–H groups in total. The Hall–Kier alpha value is -3.94. The molecule has 8 heteroatoms. The maximum Gasteiger partial charge on any atom is 0.361 e. The Labute approximate surface area is 185 Å². The Morgan fingerprint density at radius 3 is 2.28 bits per heavy atom. The molecule has 0 saturated carbocycles. The van der Waals surface area contributed by atoms with E-state index < -0.39 is 11.9 Å². The maximum absolute atomic E-state index is 12.7. The number of hydrogen-bond donors (Lipinski definition) is 1. The van der Waals surface area contributed by atoms with E-state index in [1.165, 1.54) is 13.8 Å². The van der Waals surface area contributed by atoms with Gasteiger partial charge < -0.3 is 19.5 Å². The third kappa shape index (κ3) is 5.60. The number of esters is 2. The number of unbranched alkanes of at least 4 members (excludes halogenated alkanes) is 1. The van der Waals surface area contributed by atoms with Crippen LogP contribution in [0.3, 0.4) is 0 Å². The third-order valence-electron chi connectivity index (χ3n) is 4.39. The first-order valence-corrected chi connectivity index (χ1v) is 10.2. The van der Waals surface area contributed by atoms with Gasteiger partial charge in [-0.3, -0.25) is 9.59 Å². The number of fused-ring (bicyclic) bond motifs is 1. The van der Waals surface area contributed by atoms with Crippen LogP contribution in [-0.2, 0) is 14.3 Å². The van der Waals surface area contributed by atoms with Crippen molar-refractivity contribution in [1.82, 2.24) is 4.98 Å². The number of benzene rings is 2. The Morgan fingerprint density at radius 1 is 0.969 bits per heavy atom. The van der Waals surface area contributed by atoms with Crippen molar-refractivity contribution in [3.8, 4) is 17.4 Å². The average molecular weight is 436 g/mol. The van der Waals surface area contributed by atoms with E-state index in [0.717, 1.165) is 6.42 Å². The van der Waals surface area contributed by atoms with Crippen LogP contribution in [0, 0.1) is 0 Å². The molecule has 0 aliphatic rings. The lowest BCUT2D eigenvalue weighted by molar-refractivity contribution is -0.131. The highest BCUT2D eigenvalue weighted by Gasteiger charge is 2.24. The molecule has 0 atom stereocenters. The van der Waals surface area contributed by atoms with Crippen LogP contribution in [-0.4, -0.2) is 29.4 Å². The largest absolute Gasteiger partial charge is 0.461 e. The molecule has 1 aromatic heterocycles. The average Bonchev–Trinajstić information content (AvgIpc) is 2.76. The number of rotatable bonds is 8. The van der Waals surface area contributed by atoms with Gasteiger partial charge in [-0.1, -0.05) is 31.5 Å². The van der Waals surface area contributed by atoms with Crippen LogP contribution >= 0.6 is 0 Å². The van der Waals surface area contributed by atoms with Gasteiger partial charge in [0.2, 0.25) is 11.8 Å². The first kappa shape index (κ1) is 22.7. The predicted octanol–water partition coefficient (Wildman–Crippen LogP) is 4.87. The molecule has 0 aliphatic heterocycles. The number of nitrogens with zero attached hydrogens (tertiary/aromatic N) is 1. The molecule has 2 aromatic carbocycles. The predicted molar refractivity (Wildman–Crippen MR) is 119 cm³/mol. The zero-order valence-corrected chi connectivity index (χ0v) is 18.1. The van der Waals surface area contributed by atoms with Gasteiger partial charge in [0.15, 0.2) is 11.4 Å². The Balaban J connectivity index is 2.04. The molecule has 0 aliphatic carbocycles. The number of amides is 1. The van der Waals surface area contributed by atoms with Crippen molar-refractivity contribution in [2.45, 2.75) is 33.6 Å². The Kier molecular flexibility index (Phi) is 7.38. The topological polar surface area (TPSA) is 104 Å². The van der Waals surface area contributed by atoms with Crippen LogP contribution in [0.15, 0.2) is 48.5 Å². The SMILES string of the molecule is CCCCOC(=O)c1nc(Oc2ccc(NC(C)=O)cc2)c2ccccc2c1OC(C)=O. The minimum atomic E-state index is -0.702. The van der Waals surface area contributed by atoms with E-state index in [4.69, 9.17) is 14.2 Å². The first-order chi connectivity index (χ1) is 15.4. The van der Waals surface area contributed by atoms with E-state index in [-0.39, 0.29) is 29.8 Å². The van der Waals surface area contributed by atoms with E-state index in [9.17, 15) is 14.4 Å². The fourth-order valence-corrected chi connectivity index (χ4v) is 2.97. The number of pyridine rings is 1. The number of nitrogens with one attached hydrogen (secondary N) is 1. The smallest absolute Gasteiger partial charge is 0.361 e. The zero-order chi connectivity index (χ0) is 23.1. The van der Waals surface area contributed by atoms with Crippen LogP contribution in [0.2, 0.25) is 0 Å². The molecule has 1 heterocycles. The van der Waals surface area contributed by atoms with Gasteiger partial charge in [0, 0.05) is 30.3 Å². The van der Waals surface area contributed by atoms with Gasteiger partial charge in [-0.2, -0.15) is 0 Å². The quantitative estimate of drug-likeness (QED) is 0.397. The molecule has 0 radical (unpaired) electrons. The van der Waals surface area contributed by atoms with Crippen molar-refractivity contribution in [2.75, 3.05) is 11.9 Å². The highest BCUT2D eigenvalue weighted by molar-refractivity contribution is 6.02. The number of hydrogen-bond acceptors (Lipinski definition) is 7. The fraction of sp³-hybridized carbons (Fsp3) is 0.250. The van der Waals surface area contributed by atoms with Gasteiger partial charge in [0.1, 0.15) is 5.75 Å². The van der Waals surface area contributed by atoms with Crippen LogP contribution in [0.5, 0.6) is 17.4 Å². The van der Waals surface area contributed by atoms with Gasteiger partial charge >= 0.3 is 11.9 Å². The molecule has 0 bridgehead atoms. The molecule has 0 fully saturated rings. The van der Waals surface area contributed by atoms with Gasteiger partial charge in [-0.25, -0.2) is 9.78 Å². The van der Waals surface area contributed by atoms with Crippen molar-refractivity contribution in [3.63, 3.8) is 0 Å². The van der Waals surface area contributed by atoms with Crippen LogP contribution in [0.25, 0.3) is 10.8 Å². The summed E-state index contributed by atoms with van der Waals surface area (Å²) < 4.78 is 16.6. The van der Waals surface area contributed by atoms with Gasteiger partial charge in [-0.15, -0.1) is 0 Å². The number of anilines is 1. The van der Waals surface area contributed by atoms with Crippen molar-refractivity contribution < 1.29 is 28.6 Å². The summed E-state index contributed by atoms with van der Waals surface area (Å²) >= 11 is 0. The summed E-state index contributed by atoms with van der Waals surface area (Å²) in [5, 5.41) is 3.73. The minimum absolute atomic E-state index is 0.0305. The molecule has 0 spiro atoms. The van der Waals surface area contributed by atoms with E-state index in [2.05, 4.69) is 10.3 Å². The summed E-state index contributed by atoms with van der Waals surface area (Å²) in [5.74, 6) is -0.830. The number of ether oxygens (including phenoxy) is 3. The Morgan fingerprint density at radius 2 is 1.66 bits per heavy atom. The lowest BCUT2D eigenvalue weighted by Crippen LogP contribution is -2.14. The summed E-state index contributed by atoms with van der Waals surface area (Å²) in [7, 11) is 0. The second kappa shape index (κ2) is 10.4. The number of carbonyl (C=O) groups is 3. The lowest BCUT2D eigenvalue weighted by atomic mass is 10.1. The summed E-state index contributed by atoms with van der Waals surface area (Å²) in [6.45, 7) is 4.88. The molecule has 8 nitrogen and oxygen atoms in total. The van der Waals surface area contributed by atoms with E-state index in [0.29, 0.717) is 28.6 Å². The van der Waals surface area contributed by atoms with Crippen LogP contribution < -0.4 is 14.8 Å². The van der Waals surface area contributed by atoms with E-state index in [1.807, 2.05) is 6.92 Å². The summed E-state index contributed by atoms with van der Waals surface area (Å²) in [4.78, 5) is 40.0. The molecule has 32 heavy (non-hydrogen) atoms. The van der Waals surface area contributed by atoms with E-state index >= 15 is 0 Å². The maximum atomic E-state index is 12.7. The molecule has 166 valence electrons. The second-order valence-corrected chi connectivity index (χ2v) is 7.03. The van der Waals surface area contributed by atoms with Crippen molar-refractivity contribution in [3.05, 3.63) is 54.2 Å². The Bertz CT molecular complexity index is 1140. The molecular weight excluding hydrogens is 412 g/mol. The molecule has 0 saturated heterocycles. The summed E-state index contributed by atoms with van der Waals surface area (Å²) in [6, 6.07) is 13.7. The monoisotopic (exact) mass is 436 g/mol. The molecule has 3 rings (SSSR count). The zero-order valence-electron chi connectivity index (χ0n) is 18.1. The molecule has 0 unspecified atom stereocenters. The summed E-state index contributed by atoms with van der Waals surface area (Å²) in [5.41, 5.74) is 0.480. The second-order valence-electron chi connectivity index (χ2n) is 7.03. The number of carbonyl (C=O) groups excluding carboxylic acids is 3. The standard InChI is InChI=1S/C24H24N2O6/c1-4-5-14-30-24(29)21-22(31-16(3)28)19-8-6-7-9-20(19)23(26-21)32-18-12-10-17(11-13-18)25-15(2)27/h6-13H,4-5,14H2,1-3H3,(H,25,27). The molecule has 1 amide bonds. The lowest BCUT2D eigenvalue weighted by Gasteiger charge is -2.15. The first-order valence-electron chi connectivity index (χ1n) is 10.2. The highest BCUT2D eigenvalue weighted by Crippen LogP contribution is 2.37. The third-order valence-corrected chi connectivity index (χ3v) is 4.39. The minimum Gasteiger partial charge on any atom is -0.461 e. The highest BCUT2D eigenvalue weighted by atomic mass is 16.5.